The third kappa shape index (κ3) is 4.13. The number of carbonyl (C=O) groups is 2. The van der Waals surface area contributed by atoms with Gasteiger partial charge in [-0.1, -0.05) is 6.07 Å². The third-order valence-corrected chi connectivity index (χ3v) is 3.54. The highest BCUT2D eigenvalue weighted by Gasteiger charge is 2.19. The standard InChI is InChI=1S/C17H21N3O4/c1-5-23-17(22)14-9-18-20(4)16(14)19-15(21)10-24-13-7-6-11(2)12(3)8-13/h6-9H,5,10H2,1-4H3,(H,19,21). The summed E-state index contributed by atoms with van der Waals surface area (Å²) in [6, 6.07) is 5.61. The fourth-order valence-electron chi connectivity index (χ4n) is 2.06. The van der Waals surface area contributed by atoms with Crippen molar-refractivity contribution >= 4 is 17.7 Å². The summed E-state index contributed by atoms with van der Waals surface area (Å²) in [5.74, 6) is -0.0237. The van der Waals surface area contributed by atoms with Gasteiger partial charge >= 0.3 is 5.97 Å². The molecule has 24 heavy (non-hydrogen) atoms. The Morgan fingerprint density at radius 2 is 2.00 bits per heavy atom. The van der Waals surface area contributed by atoms with Crippen LogP contribution in [0.5, 0.6) is 5.75 Å². The third-order valence-electron chi connectivity index (χ3n) is 3.54. The largest absolute Gasteiger partial charge is 0.484 e. The molecule has 0 fully saturated rings. The van der Waals surface area contributed by atoms with E-state index in [1.165, 1.54) is 10.9 Å². The fraction of sp³-hybridized carbons (Fsp3) is 0.353. The molecule has 0 aliphatic heterocycles. The number of aryl methyl sites for hydroxylation is 3. The number of ether oxygens (including phenoxy) is 2. The summed E-state index contributed by atoms with van der Waals surface area (Å²) in [5.41, 5.74) is 2.45. The number of hydrogen-bond acceptors (Lipinski definition) is 5. The molecule has 1 amide bonds. The van der Waals surface area contributed by atoms with Gasteiger partial charge in [-0.25, -0.2) is 4.79 Å². The Labute approximate surface area is 140 Å². The van der Waals surface area contributed by atoms with Crippen LogP contribution in [0.4, 0.5) is 5.82 Å². The zero-order valence-corrected chi connectivity index (χ0v) is 14.3. The van der Waals surface area contributed by atoms with E-state index in [-0.39, 0.29) is 30.5 Å². The van der Waals surface area contributed by atoms with Crippen LogP contribution < -0.4 is 10.1 Å². The minimum atomic E-state index is -0.532. The van der Waals surface area contributed by atoms with Crippen molar-refractivity contribution in [3.63, 3.8) is 0 Å². The van der Waals surface area contributed by atoms with Crippen molar-refractivity contribution in [2.75, 3.05) is 18.5 Å². The Morgan fingerprint density at radius 1 is 1.25 bits per heavy atom. The molecule has 2 aromatic rings. The molecule has 0 saturated heterocycles. The molecule has 1 N–H and O–H groups in total. The number of amides is 1. The van der Waals surface area contributed by atoms with Crippen molar-refractivity contribution in [1.29, 1.82) is 0 Å². The zero-order chi connectivity index (χ0) is 17.7. The van der Waals surface area contributed by atoms with Gasteiger partial charge in [0.25, 0.3) is 5.91 Å². The van der Waals surface area contributed by atoms with Gasteiger partial charge in [-0.05, 0) is 44.0 Å². The zero-order valence-electron chi connectivity index (χ0n) is 14.3. The van der Waals surface area contributed by atoms with Gasteiger partial charge in [0.15, 0.2) is 6.61 Å². The second kappa shape index (κ2) is 7.63. The average molecular weight is 331 g/mol. The number of anilines is 1. The predicted octanol–water partition coefficient (Wildman–Crippen LogP) is 2.23. The van der Waals surface area contributed by atoms with Crippen LogP contribution >= 0.6 is 0 Å². The molecular weight excluding hydrogens is 310 g/mol. The van der Waals surface area contributed by atoms with Crippen molar-refractivity contribution in [2.45, 2.75) is 20.8 Å². The smallest absolute Gasteiger partial charge is 0.343 e. The van der Waals surface area contributed by atoms with E-state index < -0.39 is 5.97 Å². The highest BCUT2D eigenvalue weighted by molar-refractivity contribution is 6.00. The first-order chi connectivity index (χ1) is 11.4. The minimum absolute atomic E-state index is 0.171. The predicted molar refractivity (Wildman–Crippen MR) is 89.2 cm³/mol. The van der Waals surface area contributed by atoms with Crippen molar-refractivity contribution < 1.29 is 19.1 Å². The van der Waals surface area contributed by atoms with Crippen LogP contribution in [0.25, 0.3) is 0 Å². The van der Waals surface area contributed by atoms with Crippen LogP contribution in [0, 0.1) is 13.8 Å². The quantitative estimate of drug-likeness (QED) is 0.821. The minimum Gasteiger partial charge on any atom is -0.484 e. The van der Waals surface area contributed by atoms with E-state index in [0.717, 1.165) is 11.1 Å². The Kier molecular flexibility index (Phi) is 5.57. The van der Waals surface area contributed by atoms with Gasteiger partial charge in [0.05, 0.1) is 12.8 Å². The van der Waals surface area contributed by atoms with Crippen molar-refractivity contribution in [2.24, 2.45) is 7.05 Å². The molecule has 7 heteroatoms. The molecule has 0 unspecified atom stereocenters. The summed E-state index contributed by atoms with van der Waals surface area (Å²) in [4.78, 5) is 23.9. The molecule has 1 heterocycles. The SMILES string of the molecule is CCOC(=O)c1cnn(C)c1NC(=O)COc1ccc(C)c(C)c1. The van der Waals surface area contributed by atoms with Crippen LogP contribution in [0.2, 0.25) is 0 Å². The number of esters is 1. The molecule has 128 valence electrons. The summed E-state index contributed by atoms with van der Waals surface area (Å²) in [5, 5.41) is 6.60. The number of nitrogens with zero attached hydrogens (tertiary/aromatic N) is 2. The number of rotatable bonds is 6. The lowest BCUT2D eigenvalue weighted by atomic mass is 10.1. The maximum Gasteiger partial charge on any atom is 0.343 e. The maximum absolute atomic E-state index is 12.1. The molecule has 0 spiro atoms. The second-order valence-electron chi connectivity index (χ2n) is 5.33. The summed E-state index contributed by atoms with van der Waals surface area (Å²) >= 11 is 0. The van der Waals surface area contributed by atoms with E-state index >= 15 is 0 Å². The number of aromatic nitrogens is 2. The molecule has 7 nitrogen and oxygen atoms in total. The lowest BCUT2D eigenvalue weighted by molar-refractivity contribution is -0.118. The van der Waals surface area contributed by atoms with Gasteiger partial charge < -0.3 is 14.8 Å². The topological polar surface area (TPSA) is 82.5 Å². The van der Waals surface area contributed by atoms with Gasteiger partial charge in [0, 0.05) is 7.05 Å². The monoisotopic (exact) mass is 331 g/mol. The summed E-state index contributed by atoms with van der Waals surface area (Å²) in [7, 11) is 1.63. The molecule has 2 rings (SSSR count). The fourth-order valence-corrected chi connectivity index (χ4v) is 2.06. The van der Waals surface area contributed by atoms with E-state index in [1.54, 1.807) is 14.0 Å². The van der Waals surface area contributed by atoms with E-state index in [0.29, 0.717) is 5.75 Å². The summed E-state index contributed by atoms with van der Waals surface area (Å²) in [6.07, 6.45) is 1.36. The first-order valence-electron chi connectivity index (χ1n) is 7.61. The van der Waals surface area contributed by atoms with Crippen molar-refractivity contribution in [3.8, 4) is 5.75 Å². The normalized spacial score (nSPS) is 10.3. The van der Waals surface area contributed by atoms with E-state index in [9.17, 15) is 9.59 Å². The molecule has 0 aliphatic rings. The van der Waals surface area contributed by atoms with Crippen LogP contribution in [-0.2, 0) is 16.6 Å². The van der Waals surface area contributed by atoms with Crippen LogP contribution in [-0.4, -0.2) is 34.9 Å². The molecule has 0 bridgehead atoms. The number of benzene rings is 1. The maximum atomic E-state index is 12.1. The Balaban J connectivity index is 2.01. The number of nitrogens with one attached hydrogen (secondary N) is 1. The summed E-state index contributed by atoms with van der Waals surface area (Å²) in [6.45, 7) is 5.77. The van der Waals surface area contributed by atoms with Crippen LogP contribution in [0.1, 0.15) is 28.4 Å². The highest BCUT2D eigenvalue weighted by atomic mass is 16.5. The average Bonchev–Trinajstić information content (AvgIpc) is 2.90. The highest BCUT2D eigenvalue weighted by Crippen LogP contribution is 2.17. The molecule has 0 radical (unpaired) electrons. The van der Waals surface area contributed by atoms with Crippen LogP contribution in [0.3, 0.4) is 0 Å². The second-order valence-corrected chi connectivity index (χ2v) is 5.33. The molecule has 0 saturated carbocycles. The molecule has 1 aromatic carbocycles. The first-order valence-corrected chi connectivity index (χ1v) is 7.61. The van der Waals surface area contributed by atoms with Crippen LogP contribution in [0.15, 0.2) is 24.4 Å². The lowest BCUT2D eigenvalue weighted by Crippen LogP contribution is -2.23. The Bertz CT molecular complexity index is 752. The Hall–Kier alpha value is -2.83. The van der Waals surface area contributed by atoms with Crippen molar-refractivity contribution in [3.05, 3.63) is 41.1 Å². The van der Waals surface area contributed by atoms with E-state index in [2.05, 4.69) is 10.4 Å². The number of carbonyl (C=O) groups excluding carboxylic acids is 2. The van der Waals surface area contributed by atoms with Gasteiger partial charge in [-0.3, -0.25) is 9.48 Å². The van der Waals surface area contributed by atoms with Gasteiger partial charge in [0.1, 0.15) is 17.1 Å². The Morgan fingerprint density at radius 3 is 2.67 bits per heavy atom. The summed E-state index contributed by atoms with van der Waals surface area (Å²) < 4.78 is 11.8. The molecule has 0 aliphatic carbocycles. The number of hydrogen-bond donors (Lipinski definition) is 1. The van der Waals surface area contributed by atoms with Gasteiger partial charge in [-0.15, -0.1) is 0 Å². The lowest BCUT2D eigenvalue weighted by Gasteiger charge is -2.10. The van der Waals surface area contributed by atoms with Gasteiger partial charge in [-0.2, -0.15) is 5.10 Å². The first kappa shape index (κ1) is 17.5. The van der Waals surface area contributed by atoms with E-state index in [1.807, 2.05) is 32.0 Å². The molecule has 1 aromatic heterocycles. The van der Waals surface area contributed by atoms with Gasteiger partial charge in [0.2, 0.25) is 0 Å². The molecule has 0 atom stereocenters. The molecular formula is C17H21N3O4. The van der Waals surface area contributed by atoms with Crippen molar-refractivity contribution in [1.82, 2.24) is 9.78 Å². The van der Waals surface area contributed by atoms with E-state index in [4.69, 9.17) is 9.47 Å².